The molecule has 2 rings (SSSR count). The first-order valence-electron chi connectivity index (χ1n) is 8.08. The fourth-order valence-corrected chi connectivity index (χ4v) is 2.43. The van der Waals surface area contributed by atoms with Gasteiger partial charge in [0.05, 0.1) is 5.52 Å². The van der Waals surface area contributed by atoms with Crippen LogP contribution in [0.5, 0.6) is 0 Å². The largest absolute Gasteiger partial charge is 0.396 e. The molecule has 0 spiro atoms. The summed E-state index contributed by atoms with van der Waals surface area (Å²) >= 11 is 0. The minimum Gasteiger partial charge on any atom is -0.396 e. The first-order chi connectivity index (χ1) is 10.9. The van der Waals surface area contributed by atoms with E-state index in [9.17, 15) is 4.79 Å². The van der Waals surface area contributed by atoms with Gasteiger partial charge >= 0.3 is 6.03 Å². The van der Waals surface area contributed by atoms with Gasteiger partial charge < -0.3 is 15.7 Å². The SMILES string of the molecule is CC(C)C(CCO)NC(=O)Nc1ccc2nn(C(C)C)cc2c1. The third-order valence-electron chi connectivity index (χ3n) is 3.87. The van der Waals surface area contributed by atoms with Gasteiger partial charge in [0.2, 0.25) is 0 Å². The number of amides is 2. The molecule has 6 heteroatoms. The number of aliphatic hydroxyl groups excluding tert-OH is 1. The molecule has 1 aromatic carbocycles. The number of urea groups is 1. The number of fused-ring (bicyclic) bond motifs is 1. The molecule has 1 aromatic heterocycles. The zero-order valence-electron chi connectivity index (χ0n) is 14.2. The highest BCUT2D eigenvalue weighted by Gasteiger charge is 2.15. The van der Waals surface area contributed by atoms with E-state index in [2.05, 4.69) is 29.6 Å². The van der Waals surface area contributed by atoms with Crippen LogP contribution in [-0.2, 0) is 0 Å². The molecule has 2 amide bonds. The summed E-state index contributed by atoms with van der Waals surface area (Å²) in [6.07, 6.45) is 2.52. The highest BCUT2D eigenvalue weighted by molar-refractivity contribution is 5.92. The Bertz CT molecular complexity index is 664. The van der Waals surface area contributed by atoms with Crippen LogP contribution in [0.4, 0.5) is 10.5 Å². The maximum absolute atomic E-state index is 12.1. The van der Waals surface area contributed by atoms with Gasteiger partial charge in [-0.2, -0.15) is 5.10 Å². The van der Waals surface area contributed by atoms with E-state index in [0.29, 0.717) is 12.5 Å². The number of benzene rings is 1. The average Bonchev–Trinajstić information content (AvgIpc) is 2.90. The van der Waals surface area contributed by atoms with Crippen molar-refractivity contribution in [3.05, 3.63) is 24.4 Å². The van der Waals surface area contributed by atoms with Gasteiger partial charge in [-0.15, -0.1) is 0 Å². The van der Waals surface area contributed by atoms with Crippen molar-refractivity contribution in [2.24, 2.45) is 5.92 Å². The Balaban J connectivity index is 2.07. The number of hydrogen-bond donors (Lipinski definition) is 3. The Morgan fingerprint density at radius 2 is 2.04 bits per heavy atom. The average molecular weight is 318 g/mol. The lowest BCUT2D eigenvalue weighted by Crippen LogP contribution is -2.41. The van der Waals surface area contributed by atoms with Crippen molar-refractivity contribution < 1.29 is 9.90 Å². The fraction of sp³-hybridized carbons (Fsp3) is 0.529. The lowest BCUT2D eigenvalue weighted by Gasteiger charge is -2.21. The molecule has 0 bridgehead atoms. The maximum Gasteiger partial charge on any atom is 0.319 e. The molecule has 1 unspecified atom stereocenters. The number of aliphatic hydroxyl groups is 1. The Hall–Kier alpha value is -2.08. The van der Waals surface area contributed by atoms with E-state index >= 15 is 0 Å². The number of nitrogens with zero attached hydrogens (tertiary/aromatic N) is 2. The van der Waals surface area contributed by atoms with Crippen LogP contribution < -0.4 is 10.6 Å². The molecule has 0 aliphatic carbocycles. The van der Waals surface area contributed by atoms with Crippen molar-refractivity contribution >= 4 is 22.6 Å². The molecule has 6 nitrogen and oxygen atoms in total. The summed E-state index contributed by atoms with van der Waals surface area (Å²) in [4.78, 5) is 12.1. The lowest BCUT2D eigenvalue weighted by atomic mass is 10.0. The normalized spacial score (nSPS) is 12.8. The highest BCUT2D eigenvalue weighted by Crippen LogP contribution is 2.20. The molecule has 0 saturated carbocycles. The van der Waals surface area contributed by atoms with Crippen LogP contribution >= 0.6 is 0 Å². The Kier molecular flexibility index (Phi) is 5.60. The summed E-state index contributed by atoms with van der Waals surface area (Å²) in [5.41, 5.74) is 1.63. The molecule has 3 N–H and O–H groups in total. The first kappa shape index (κ1) is 17.3. The van der Waals surface area contributed by atoms with Gasteiger partial charge in [0.15, 0.2) is 0 Å². The fourth-order valence-electron chi connectivity index (χ4n) is 2.43. The molecule has 0 fully saturated rings. The molecule has 126 valence electrons. The number of carbonyl (C=O) groups is 1. The van der Waals surface area contributed by atoms with Crippen molar-refractivity contribution in [1.29, 1.82) is 0 Å². The second-order valence-corrected chi connectivity index (χ2v) is 6.44. The Morgan fingerprint density at radius 1 is 1.30 bits per heavy atom. The number of anilines is 1. The second kappa shape index (κ2) is 7.46. The Morgan fingerprint density at radius 3 is 2.65 bits per heavy atom. The first-order valence-corrected chi connectivity index (χ1v) is 8.08. The van der Waals surface area contributed by atoms with E-state index in [1.807, 2.05) is 42.9 Å². The van der Waals surface area contributed by atoms with Gasteiger partial charge in [0.25, 0.3) is 0 Å². The predicted molar refractivity (Wildman–Crippen MR) is 92.6 cm³/mol. The molecular formula is C17H26N4O2. The molecule has 1 heterocycles. The van der Waals surface area contributed by atoms with Crippen molar-refractivity contribution in [1.82, 2.24) is 15.1 Å². The third kappa shape index (κ3) is 4.45. The molecule has 0 aliphatic heterocycles. The van der Waals surface area contributed by atoms with Crippen LogP contribution in [0.1, 0.15) is 40.2 Å². The van der Waals surface area contributed by atoms with E-state index in [1.165, 1.54) is 0 Å². The monoisotopic (exact) mass is 318 g/mol. The summed E-state index contributed by atoms with van der Waals surface area (Å²) in [6, 6.07) is 5.65. The standard InChI is InChI=1S/C17H26N4O2/c1-11(2)15(7-8-22)19-17(23)18-14-5-6-16-13(9-14)10-21(20-16)12(3)4/h5-6,9-12,15,22H,7-8H2,1-4H3,(H2,18,19,23). The van der Waals surface area contributed by atoms with E-state index in [0.717, 1.165) is 16.6 Å². The highest BCUT2D eigenvalue weighted by atomic mass is 16.3. The molecule has 2 aromatic rings. The van der Waals surface area contributed by atoms with Gasteiger partial charge in [0, 0.05) is 36.0 Å². The minimum atomic E-state index is -0.257. The number of aromatic nitrogens is 2. The summed E-state index contributed by atoms with van der Waals surface area (Å²) in [6.45, 7) is 8.25. The van der Waals surface area contributed by atoms with Gasteiger partial charge in [-0.25, -0.2) is 4.79 Å². The van der Waals surface area contributed by atoms with Crippen LogP contribution in [-0.4, -0.2) is 33.6 Å². The van der Waals surface area contributed by atoms with Crippen LogP contribution in [0.25, 0.3) is 10.9 Å². The van der Waals surface area contributed by atoms with Crippen LogP contribution in [0.3, 0.4) is 0 Å². The lowest BCUT2D eigenvalue weighted by molar-refractivity contribution is 0.227. The molecular weight excluding hydrogens is 292 g/mol. The molecule has 23 heavy (non-hydrogen) atoms. The van der Waals surface area contributed by atoms with Gasteiger partial charge in [-0.05, 0) is 44.4 Å². The third-order valence-corrected chi connectivity index (χ3v) is 3.87. The molecule has 0 aliphatic rings. The van der Waals surface area contributed by atoms with E-state index in [1.54, 1.807) is 0 Å². The topological polar surface area (TPSA) is 79.2 Å². The zero-order valence-corrected chi connectivity index (χ0v) is 14.2. The van der Waals surface area contributed by atoms with E-state index < -0.39 is 0 Å². The maximum atomic E-state index is 12.1. The summed E-state index contributed by atoms with van der Waals surface area (Å²) < 4.78 is 1.91. The summed E-state index contributed by atoms with van der Waals surface area (Å²) in [5.74, 6) is 0.264. The van der Waals surface area contributed by atoms with Crippen LogP contribution in [0.15, 0.2) is 24.4 Å². The smallest absolute Gasteiger partial charge is 0.319 e. The predicted octanol–water partition coefficient (Wildman–Crippen LogP) is 3.15. The molecule has 1 atom stereocenters. The number of nitrogens with one attached hydrogen (secondary N) is 2. The van der Waals surface area contributed by atoms with Crippen molar-refractivity contribution in [3.63, 3.8) is 0 Å². The minimum absolute atomic E-state index is 0.0487. The van der Waals surface area contributed by atoms with Crippen LogP contribution in [0, 0.1) is 5.92 Å². The number of hydrogen-bond acceptors (Lipinski definition) is 3. The number of rotatable bonds is 6. The van der Waals surface area contributed by atoms with Crippen molar-refractivity contribution in [2.45, 2.75) is 46.2 Å². The molecule has 0 saturated heterocycles. The van der Waals surface area contributed by atoms with Crippen molar-refractivity contribution in [2.75, 3.05) is 11.9 Å². The van der Waals surface area contributed by atoms with Crippen molar-refractivity contribution in [3.8, 4) is 0 Å². The van der Waals surface area contributed by atoms with Gasteiger partial charge in [-0.3, -0.25) is 4.68 Å². The van der Waals surface area contributed by atoms with Gasteiger partial charge in [0.1, 0.15) is 0 Å². The van der Waals surface area contributed by atoms with E-state index in [-0.39, 0.29) is 24.6 Å². The Labute approximate surface area is 136 Å². The quantitative estimate of drug-likeness (QED) is 0.765. The number of carbonyl (C=O) groups excluding carboxylic acids is 1. The molecule has 0 radical (unpaired) electrons. The van der Waals surface area contributed by atoms with Gasteiger partial charge in [-0.1, -0.05) is 13.8 Å². The van der Waals surface area contributed by atoms with Crippen LogP contribution in [0.2, 0.25) is 0 Å². The zero-order chi connectivity index (χ0) is 17.0. The second-order valence-electron chi connectivity index (χ2n) is 6.44. The van der Waals surface area contributed by atoms with E-state index in [4.69, 9.17) is 5.11 Å². The summed E-state index contributed by atoms with van der Waals surface area (Å²) in [5, 5.41) is 20.3. The summed E-state index contributed by atoms with van der Waals surface area (Å²) in [7, 11) is 0.